The van der Waals surface area contributed by atoms with Crippen molar-refractivity contribution in [2.75, 3.05) is 0 Å². The summed E-state index contributed by atoms with van der Waals surface area (Å²) >= 11 is 0. The van der Waals surface area contributed by atoms with E-state index in [1.54, 1.807) is 5.01 Å². The second-order valence-electron chi connectivity index (χ2n) is 10.8. The number of hydrogen-bond acceptors (Lipinski definition) is 4. The van der Waals surface area contributed by atoms with Crippen LogP contribution in [0.1, 0.15) is 63.7 Å². The first kappa shape index (κ1) is 23.8. The van der Waals surface area contributed by atoms with E-state index in [4.69, 9.17) is 14.6 Å². The lowest BCUT2D eigenvalue weighted by atomic mass is 9.75. The Bertz CT molecular complexity index is 1100. The van der Waals surface area contributed by atoms with Crippen molar-refractivity contribution in [2.45, 2.75) is 70.8 Å². The van der Waals surface area contributed by atoms with Crippen LogP contribution in [0.5, 0.6) is 0 Å². The van der Waals surface area contributed by atoms with E-state index >= 15 is 0 Å². The Hall–Kier alpha value is -2.92. The van der Waals surface area contributed by atoms with Gasteiger partial charge < -0.3 is 9.47 Å². The smallest absolute Gasteiger partial charge is 0.431 e. The molecule has 2 saturated carbocycles. The average Bonchev–Trinajstić information content (AvgIpc) is 3.38. The highest BCUT2D eigenvalue weighted by molar-refractivity contribution is 5.87. The van der Waals surface area contributed by atoms with Crippen molar-refractivity contribution in [3.63, 3.8) is 0 Å². The number of rotatable bonds is 9. The minimum Gasteiger partial charge on any atom is -0.442 e. The topological polar surface area (TPSA) is 51.1 Å². The van der Waals surface area contributed by atoms with E-state index in [1.165, 1.54) is 0 Å². The molecule has 1 spiro atoms. The van der Waals surface area contributed by atoms with E-state index in [1.807, 2.05) is 49.4 Å². The van der Waals surface area contributed by atoms with Gasteiger partial charge in [-0.1, -0.05) is 80.6 Å². The van der Waals surface area contributed by atoms with Gasteiger partial charge >= 0.3 is 6.09 Å². The van der Waals surface area contributed by atoms with Gasteiger partial charge in [0.25, 0.3) is 0 Å². The van der Waals surface area contributed by atoms with E-state index in [2.05, 4.69) is 44.7 Å². The Morgan fingerprint density at radius 1 is 1.20 bits per heavy atom. The molecule has 5 nitrogen and oxygen atoms in total. The predicted molar refractivity (Wildman–Crippen MR) is 138 cm³/mol. The number of allylic oxidation sites excluding steroid dienone is 1. The Labute approximate surface area is 208 Å². The number of nitrogens with zero attached hydrogens (tertiary/aromatic N) is 2. The SMILES string of the molecule is C=CC[C@@H](/C(C)=N\N1C(=O)O[C@@H]2C[C@H]3CC[C@]21C3(C)C)[C@H](OCc1ccccc1)c1ccccc1. The van der Waals surface area contributed by atoms with Crippen molar-refractivity contribution in [2.24, 2.45) is 22.4 Å². The van der Waals surface area contributed by atoms with Crippen LogP contribution in [0.15, 0.2) is 78.4 Å². The zero-order chi connectivity index (χ0) is 24.6. The molecule has 184 valence electrons. The van der Waals surface area contributed by atoms with E-state index in [0.717, 1.165) is 36.1 Å². The first-order valence-corrected chi connectivity index (χ1v) is 12.8. The summed E-state index contributed by atoms with van der Waals surface area (Å²) < 4.78 is 12.4. The van der Waals surface area contributed by atoms with Gasteiger partial charge in [0, 0.05) is 11.6 Å². The summed E-state index contributed by atoms with van der Waals surface area (Å²) in [5.41, 5.74) is 2.69. The Balaban J connectivity index is 1.48. The third-order valence-corrected chi connectivity index (χ3v) is 8.82. The van der Waals surface area contributed by atoms with Crippen LogP contribution >= 0.6 is 0 Å². The summed E-state index contributed by atoms with van der Waals surface area (Å²) in [6.45, 7) is 11.1. The number of fused-ring (bicyclic) bond motifs is 1. The zero-order valence-electron chi connectivity index (χ0n) is 21.0. The quantitative estimate of drug-likeness (QED) is 0.294. The van der Waals surface area contributed by atoms with Gasteiger partial charge in [-0.25, -0.2) is 4.79 Å². The molecule has 2 aromatic carbocycles. The first-order chi connectivity index (χ1) is 16.9. The van der Waals surface area contributed by atoms with Crippen LogP contribution in [0.4, 0.5) is 4.79 Å². The fourth-order valence-electron chi connectivity index (χ4n) is 6.77. The van der Waals surface area contributed by atoms with E-state index in [0.29, 0.717) is 18.9 Å². The molecule has 5 atom stereocenters. The normalized spacial score (nSPS) is 28.5. The summed E-state index contributed by atoms with van der Waals surface area (Å²) in [5, 5.41) is 6.74. The largest absolute Gasteiger partial charge is 0.442 e. The highest BCUT2D eigenvalue weighted by atomic mass is 16.6. The molecule has 1 aliphatic heterocycles. The molecule has 3 fully saturated rings. The van der Waals surface area contributed by atoms with E-state index in [-0.39, 0.29) is 35.2 Å². The lowest BCUT2D eigenvalue weighted by Gasteiger charge is -2.40. The van der Waals surface area contributed by atoms with Crippen molar-refractivity contribution in [3.8, 4) is 0 Å². The van der Waals surface area contributed by atoms with Crippen LogP contribution in [0, 0.1) is 17.3 Å². The molecule has 0 unspecified atom stereocenters. The highest BCUT2D eigenvalue weighted by Crippen LogP contribution is 2.66. The number of hydrazone groups is 1. The van der Waals surface area contributed by atoms with Gasteiger partial charge in [-0.15, -0.1) is 6.58 Å². The summed E-state index contributed by atoms with van der Waals surface area (Å²) in [6.07, 6.45) is 4.99. The summed E-state index contributed by atoms with van der Waals surface area (Å²) in [6, 6.07) is 20.5. The molecule has 35 heavy (non-hydrogen) atoms. The molecular formula is C30H36N2O3. The minimum atomic E-state index is -0.359. The molecule has 5 heteroatoms. The minimum absolute atomic E-state index is 0.0236. The van der Waals surface area contributed by atoms with E-state index < -0.39 is 0 Å². The molecule has 0 N–H and O–H groups in total. The van der Waals surface area contributed by atoms with Crippen LogP contribution in [0.2, 0.25) is 0 Å². The Morgan fingerprint density at radius 3 is 2.54 bits per heavy atom. The van der Waals surface area contributed by atoms with Crippen molar-refractivity contribution in [3.05, 3.63) is 84.4 Å². The lowest BCUT2D eigenvalue weighted by Crippen LogP contribution is -2.53. The van der Waals surface area contributed by atoms with Crippen molar-refractivity contribution < 1.29 is 14.3 Å². The Kier molecular flexibility index (Phi) is 6.30. The van der Waals surface area contributed by atoms with Crippen LogP contribution in [0.25, 0.3) is 0 Å². The molecular weight excluding hydrogens is 436 g/mol. The molecule has 0 aromatic heterocycles. The maximum atomic E-state index is 13.1. The molecule has 1 saturated heterocycles. The van der Waals surface area contributed by atoms with Crippen molar-refractivity contribution in [1.29, 1.82) is 0 Å². The second-order valence-corrected chi connectivity index (χ2v) is 10.8. The third-order valence-electron chi connectivity index (χ3n) is 8.82. The molecule has 1 heterocycles. The molecule has 2 aliphatic carbocycles. The van der Waals surface area contributed by atoms with Crippen molar-refractivity contribution in [1.82, 2.24) is 5.01 Å². The second kappa shape index (κ2) is 9.27. The van der Waals surface area contributed by atoms with Crippen LogP contribution in [0.3, 0.4) is 0 Å². The highest BCUT2D eigenvalue weighted by Gasteiger charge is 2.73. The van der Waals surface area contributed by atoms with E-state index in [9.17, 15) is 4.79 Å². The number of benzene rings is 2. The number of hydrogen-bond donors (Lipinski definition) is 0. The Morgan fingerprint density at radius 2 is 1.89 bits per heavy atom. The monoisotopic (exact) mass is 472 g/mol. The molecule has 2 aromatic rings. The summed E-state index contributed by atoms with van der Waals surface area (Å²) in [5.74, 6) is 0.498. The van der Waals surface area contributed by atoms with Crippen LogP contribution < -0.4 is 0 Å². The third kappa shape index (κ3) is 3.90. The zero-order valence-corrected chi connectivity index (χ0v) is 21.0. The summed E-state index contributed by atoms with van der Waals surface area (Å²) in [4.78, 5) is 13.1. The molecule has 0 radical (unpaired) electrons. The maximum Gasteiger partial charge on any atom is 0.431 e. The summed E-state index contributed by atoms with van der Waals surface area (Å²) in [7, 11) is 0. The molecule has 1 amide bonds. The first-order valence-electron chi connectivity index (χ1n) is 12.8. The van der Waals surface area contributed by atoms with Crippen LogP contribution in [-0.2, 0) is 16.1 Å². The number of carbonyl (C=O) groups is 1. The fraction of sp³-hybridized carbons (Fsp3) is 0.467. The van der Waals surface area contributed by atoms with Crippen LogP contribution in [-0.4, -0.2) is 28.5 Å². The van der Waals surface area contributed by atoms with Gasteiger partial charge in [0.1, 0.15) is 11.6 Å². The number of ether oxygens (including phenoxy) is 2. The van der Waals surface area contributed by atoms with Gasteiger partial charge in [0.15, 0.2) is 0 Å². The van der Waals surface area contributed by atoms with Gasteiger partial charge in [-0.2, -0.15) is 10.1 Å². The van der Waals surface area contributed by atoms with Gasteiger partial charge in [0.05, 0.1) is 12.7 Å². The number of carbonyl (C=O) groups excluding carboxylic acids is 1. The molecule has 2 bridgehead atoms. The van der Waals surface area contributed by atoms with Gasteiger partial charge in [0.2, 0.25) is 0 Å². The maximum absolute atomic E-state index is 13.1. The number of amides is 1. The molecule has 3 aliphatic rings. The van der Waals surface area contributed by atoms with Gasteiger partial charge in [-0.3, -0.25) is 0 Å². The van der Waals surface area contributed by atoms with Gasteiger partial charge in [-0.05, 0) is 55.1 Å². The predicted octanol–water partition coefficient (Wildman–Crippen LogP) is 6.91. The lowest BCUT2D eigenvalue weighted by molar-refractivity contribution is 0.0160. The van der Waals surface area contributed by atoms with Crippen molar-refractivity contribution >= 4 is 11.8 Å². The molecule has 5 rings (SSSR count). The fourth-order valence-corrected chi connectivity index (χ4v) is 6.77. The standard InChI is InChI=1S/C30H36N2O3/c1-5-12-25(27(23-15-10-7-11-16-23)34-20-22-13-8-6-9-14-22)21(2)31-32-28(33)35-26-19-24-17-18-30(26,32)29(24,3)4/h5-11,13-16,24-27H,1,12,17-20H2,2-4H3/b31-21-/t24-,25+,26-,27-,30-/m1/s1. The average molecular weight is 473 g/mol.